The third-order valence-electron chi connectivity index (χ3n) is 4.41. The van der Waals surface area contributed by atoms with Crippen molar-refractivity contribution < 1.29 is 18.0 Å². The maximum Gasteiger partial charge on any atom is 0.390 e. The summed E-state index contributed by atoms with van der Waals surface area (Å²) in [5, 5.41) is 5.82. The molecule has 1 aliphatic heterocycles. The van der Waals surface area contributed by atoms with Crippen LogP contribution in [0.5, 0.6) is 0 Å². The number of amides is 1. The molecule has 0 saturated carbocycles. The lowest BCUT2D eigenvalue weighted by atomic mass is 9.98. The fourth-order valence-corrected chi connectivity index (χ4v) is 2.85. The van der Waals surface area contributed by atoms with Crippen molar-refractivity contribution in [2.24, 2.45) is 10.9 Å². The zero-order valence-corrected chi connectivity index (χ0v) is 17.5. The van der Waals surface area contributed by atoms with E-state index in [0.717, 1.165) is 25.7 Å². The lowest BCUT2D eigenvalue weighted by molar-refractivity contribution is -0.137. The normalized spacial score (nSPS) is 16.6. The number of likely N-dealkylation sites (tertiary alicyclic amines) is 1. The van der Waals surface area contributed by atoms with Gasteiger partial charge in [-0.1, -0.05) is 13.8 Å². The molecule has 1 heterocycles. The van der Waals surface area contributed by atoms with Crippen LogP contribution < -0.4 is 10.6 Å². The van der Waals surface area contributed by atoms with Gasteiger partial charge in [0, 0.05) is 38.6 Å². The number of alkyl halides is 3. The lowest BCUT2D eigenvalue weighted by Gasteiger charge is -2.34. The van der Waals surface area contributed by atoms with Gasteiger partial charge in [-0.25, -0.2) is 0 Å². The van der Waals surface area contributed by atoms with E-state index in [4.69, 9.17) is 0 Å². The van der Waals surface area contributed by atoms with E-state index in [-0.39, 0.29) is 48.4 Å². The highest BCUT2D eigenvalue weighted by Crippen LogP contribution is 2.19. The van der Waals surface area contributed by atoms with E-state index in [9.17, 15) is 18.0 Å². The number of aliphatic imine (C=N–C) groups is 1. The van der Waals surface area contributed by atoms with Crippen molar-refractivity contribution in [2.45, 2.75) is 58.2 Å². The summed E-state index contributed by atoms with van der Waals surface area (Å²) < 4.78 is 36.5. The average molecular weight is 478 g/mol. The Hall–Kier alpha value is -0.740. The fraction of sp³-hybridized carbons (Fsp3) is 0.875. The third kappa shape index (κ3) is 8.96. The Bertz CT molecular complexity index is 420. The monoisotopic (exact) mass is 478 g/mol. The van der Waals surface area contributed by atoms with Crippen molar-refractivity contribution in [2.75, 3.05) is 26.7 Å². The smallest absolute Gasteiger partial charge is 0.356 e. The second kappa shape index (κ2) is 11.8. The summed E-state index contributed by atoms with van der Waals surface area (Å²) in [5.74, 6) is 0.682. The first-order valence-corrected chi connectivity index (χ1v) is 8.63. The predicted octanol–water partition coefficient (Wildman–Crippen LogP) is 3.15. The zero-order valence-electron chi connectivity index (χ0n) is 15.2. The number of rotatable bonds is 6. The summed E-state index contributed by atoms with van der Waals surface area (Å²) in [4.78, 5) is 18.2. The lowest BCUT2D eigenvalue weighted by Crippen LogP contribution is -2.50. The molecule has 0 bridgehead atoms. The van der Waals surface area contributed by atoms with Gasteiger partial charge in [-0.3, -0.25) is 9.79 Å². The van der Waals surface area contributed by atoms with Crippen LogP contribution in [0.2, 0.25) is 0 Å². The van der Waals surface area contributed by atoms with Gasteiger partial charge in [0.05, 0.1) is 6.42 Å². The molecule has 25 heavy (non-hydrogen) atoms. The van der Waals surface area contributed by atoms with Crippen molar-refractivity contribution in [1.82, 2.24) is 15.5 Å². The molecule has 1 fully saturated rings. The van der Waals surface area contributed by atoms with Crippen LogP contribution in [-0.4, -0.2) is 55.7 Å². The van der Waals surface area contributed by atoms with Gasteiger partial charge in [0.2, 0.25) is 5.91 Å². The number of hydrogen-bond donors (Lipinski definition) is 2. The molecule has 0 aromatic carbocycles. The SMILES string of the molecule is CCC(CC)C(=O)N1CCC(NC(=NC)NCCC(F)(F)F)CC1.I. The Labute approximate surface area is 165 Å². The van der Waals surface area contributed by atoms with Crippen LogP contribution in [0, 0.1) is 5.92 Å². The summed E-state index contributed by atoms with van der Waals surface area (Å²) in [6.45, 7) is 5.20. The zero-order chi connectivity index (χ0) is 18.2. The standard InChI is InChI=1S/C16H29F3N4O.HI/c1-4-12(5-2)14(24)23-10-6-13(7-11-23)22-15(20-3)21-9-8-16(17,18)19;/h12-13H,4-11H2,1-3H3,(H2,20,21,22);1H. The van der Waals surface area contributed by atoms with Crippen LogP contribution in [0.4, 0.5) is 13.2 Å². The maximum absolute atomic E-state index is 12.3. The molecule has 0 aliphatic carbocycles. The minimum atomic E-state index is -4.17. The summed E-state index contributed by atoms with van der Waals surface area (Å²) in [5.41, 5.74) is 0. The number of carbonyl (C=O) groups excluding carboxylic acids is 1. The highest BCUT2D eigenvalue weighted by Gasteiger charge is 2.28. The highest BCUT2D eigenvalue weighted by atomic mass is 127. The van der Waals surface area contributed by atoms with Gasteiger partial charge >= 0.3 is 6.18 Å². The van der Waals surface area contributed by atoms with Crippen molar-refractivity contribution >= 4 is 35.8 Å². The second-order valence-electron chi connectivity index (χ2n) is 6.12. The Morgan fingerprint density at radius 2 is 1.80 bits per heavy atom. The Balaban J connectivity index is 0.00000576. The Morgan fingerprint density at radius 1 is 1.24 bits per heavy atom. The van der Waals surface area contributed by atoms with E-state index in [1.807, 2.05) is 18.7 Å². The molecule has 0 atom stereocenters. The van der Waals surface area contributed by atoms with Gasteiger partial charge in [0.25, 0.3) is 0 Å². The van der Waals surface area contributed by atoms with Crippen LogP contribution in [0.25, 0.3) is 0 Å². The molecular formula is C16H30F3IN4O. The average Bonchev–Trinajstić information content (AvgIpc) is 2.54. The number of nitrogens with one attached hydrogen (secondary N) is 2. The van der Waals surface area contributed by atoms with E-state index in [1.165, 1.54) is 7.05 Å². The topological polar surface area (TPSA) is 56.7 Å². The molecule has 0 spiro atoms. The van der Waals surface area contributed by atoms with Crippen LogP contribution in [0.3, 0.4) is 0 Å². The molecule has 5 nitrogen and oxygen atoms in total. The molecule has 1 amide bonds. The van der Waals surface area contributed by atoms with Crippen molar-refractivity contribution in [1.29, 1.82) is 0 Å². The number of nitrogens with zero attached hydrogens (tertiary/aromatic N) is 2. The molecule has 148 valence electrons. The van der Waals surface area contributed by atoms with Crippen LogP contribution in [0.1, 0.15) is 46.0 Å². The van der Waals surface area contributed by atoms with Gasteiger partial charge in [0.1, 0.15) is 0 Å². The number of piperidine rings is 1. The predicted molar refractivity (Wildman–Crippen MR) is 104 cm³/mol. The van der Waals surface area contributed by atoms with Crippen molar-refractivity contribution in [3.8, 4) is 0 Å². The van der Waals surface area contributed by atoms with Gasteiger partial charge < -0.3 is 15.5 Å². The molecule has 0 aromatic rings. The molecule has 1 rings (SSSR count). The first-order valence-electron chi connectivity index (χ1n) is 8.63. The molecule has 1 aliphatic rings. The van der Waals surface area contributed by atoms with E-state index < -0.39 is 12.6 Å². The molecule has 0 radical (unpaired) electrons. The maximum atomic E-state index is 12.3. The van der Waals surface area contributed by atoms with Crippen LogP contribution in [0.15, 0.2) is 4.99 Å². The van der Waals surface area contributed by atoms with Gasteiger partial charge in [0.15, 0.2) is 5.96 Å². The summed E-state index contributed by atoms with van der Waals surface area (Å²) in [6.07, 6.45) is -1.83. The van der Waals surface area contributed by atoms with Crippen LogP contribution in [-0.2, 0) is 4.79 Å². The van der Waals surface area contributed by atoms with E-state index >= 15 is 0 Å². The number of halogens is 4. The summed E-state index contributed by atoms with van der Waals surface area (Å²) in [6, 6.07) is 0.118. The summed E-state index contributed by atoms with van der Waals surface area (Å²) >= 11 is 0. The Kier molecular flexibility index (Phi) is 11.4. The first kappa shape index (κ1) is 24.3. The molecule has 2 N–H and O–H groups in total. The minimum Gasteiger partial charge on any atom is -0.356 e. The quantitative estimate of drug-likeness (QED) is 0.351. The van der Waals surface area contributed by atoms with Crippen LogP contribution >= 0.6 is 24.0 Å². The number of carbonyl (C=O) groups is 1. The van der Waals surface area contributed by atoms with E-state index in [2.05, 4.69) is 15.6 Å². The third-order valence-corrected chi connectivity index (χ3v) is 4.41. The highest BCUT2D eigenvalue weighted by molar-refractivity contribution is 14.0. The van der Waals surface area contributed by atoms with Gasteiger partial charge in [-0.15, -0.1) is 24.0 Å². The molecule has 9 heteroatoms. The van der Waals surface area contributed by atoms with Crippen molar-refractivity contribution in [3.05, 3.63) is 0 Å². The number of hydrogen-bond acceptors (Lipinski definition) is 2. The second-order valence-corrected chi connectivity index (χ2v) is 6.12. The molecule has 0 unspecified atom stereocenters. The minimum absolute atomic E-state index is 0. The van der Waals surface area contributed by atoms with E-state index in [0.29, 0.717) is 19.0 Å². The van der Waals surface area contributed by atoms with Gasteiger partial charge in [-0.05, 0) is 25.7 Å². The molecule has 1 saturated heterocycles. The fourth-order valence-electron chi connectivity index (χ4n) is 2.85. The Morgan fingerprint density at radius 3 is 2.24 bits per heavy atom. The molecular weight excluding hydrogens is 448 g/mol. The van der Waals surface area contributed by atoms with E-state index in [1.54, 1.807) is 0 Å². The molecule has 0 aromatic heterocycles. The van der Waals surface area contributed by atoms with Crippen molar-refractivity contribution in [3.63, 3.8) is 0 Å². The first-order chi connectivity index (χ1) is 11.3. The number of guanidine groups is 1. The summed E-state index contributed by atoms with van der Waals surface area (Å²) in [7, 11) is 1.54. The largest absolute Gasteiger partial charge is 0.390 e. The van der Waals surface area contributed by atoms with Gasteiger partial charge in [-0.2, -0.15) is 13.2 Å².